The lowest BCUT2D eigenvalue weighted by Crippen LogP contribution is -2.37. The van der Waals surface area contributed by atoms with Crippen LogP contribution in [-0.2, 0) is 11.3 Å². The molecule has 204 valence electrons. The van der Waals surface area contributed by atoms with Gasteiger partial charge in [0.25, 0.3) is 0 Å². The fraction of sp³-hybridized carbons (Fsp3) is 0.433. The number of methoxy groups -OCH3 is 2. The Morgan fingerprint density at radius 3 is 2.46 bits per heavy atom. The van der Waals surface area contributed by atoms with Gasteiger partial charge in [-0.1, -0.05) is 0 Å². The highest BCUT2D eigenvalue weighted by atomic mass is 16.5. The number of aromatic nitrogens is 4. The van der Waals surface area contributed by atoms with Gasteiger partial charge in [0.1, 0.15) is 11.5 Å². The summed E-state index contributed by atoms with van der Waals surface area (Å²) >= 11 is 0. The van der Waals surface area contributed by atoms with Gasteiger partial charge in [-0.3, -0.25) is 14.6 Å². The smallest absolute Gasteiger partial charge is 0.124 e. The number of hydrogen-bond acceptors (Lipinski definition) is 8. The van der Waals surface area contributed by atoms with Crippen molar-refractivity contribution in [3.63, 3.8) is 0 Å². The molecule has 0 spiro atoms. The first-order chi connectivity index (χ1) is 19.2. The van der Waals surface area contributed by atoms with Gasteiger partial charge < -0.3 is 19.1 Å². The number of rotatable bonds is 11. The largest absolute Gasteiger partial charge is 0.497 e. The van der Waals surface area contributed by atoms with E-state index in [1.807, 2.05) is 29.2 Å². The van der Waals surface area contributed by atoms with Crippen LogP contribution in [0.3, 0.4) is 0 Å². The van der Waals surface area contributed by atoms with E-state index >= 15 is 0 Å². The average molecular weight is 529 g/mol. The molecule has 2 fully saturated rings. The third-order valence-corrected chi connectivity index (χ3v) is 7.52. The maximum atomic E-state index is 5.55. The molecule has 39 heavy (non-hydrogen) atoms. The number of hydrogen-bond donors (Lipinski definition) is 0. The lowest BCUT2D eigenvalue weighted by Gasteiger charge is -2.26. The molecule has 0 radical (unpaired) electrons. The number of fused-ring (bicyclic) bond motifs is 1. The Hall–Kier alpha value is -3.69. The van der Waals surface area contributed by atoms with E-state index in [0.29, 0.717) is 5.92 Å². The molecule has 2 aromatic heterocycles. The van der Waals surface area contributed by atoms with Crippen LogP contribution in [0.5, 0.6) is 11.5 Å². The average Bonchev–Trinajstić information content (AvgIpc) is 3.69. The van der Waals surface area contributed by atoms with Gasteiger partial charge in [-0.15, -0.1) is 0 Å². The summed E-state index contributed by atoms with van der Waals surface area (Å²) in [4.78, 5) is 14.5. The maximum Gasteiger partial charge on any atom is 0.124 e. The summed E-state index contributed by atoms with van der Waals surface area (Å²) in [6.45, 7) is 6.58. The maximum absolute atomic E-state index is 5.55. The molecule has 0 N–H and O–H groups in total. The van der Waals surface area contributed by atoms with Crippen molar-refractivity contribution in [1.29, 1.82) is 0 Å². The van der Waals surface area contributed by atoms with E-state index in [1.54, 1.807) is 14.2 Å². The Labute approximate surface area is 229 Å². The molecule has 0 atom stereocenters. The molecule has 0 amide bonds. The first-order valence-corrected chi connectivity index (χ1v) is 13.8. The van der Waals surface area contributed by atoms with E-state index in [2.05, 4.69) is 45.4 Å². The molecule has 3 heterocycles. The molecule has 1 aliphatic heterocycles. The van der Waals surface area contributed by atoms with E-state index < -0.39 is 0 Å². The zero-order chi connectivity index (χ0) is 26.6. The molecule has 9 nitrogen and oxygen atoms in total. The molecule has 0 unspecified atom stereocenters. The number of benzene rings is 2. The van der Waals surface area contributed by atoms with Gasteiger partial charge in [-0.25, -0.2) is 4.98 Å². The van der Waals surface area contributed by atoms with E-state index in [-0.39, 0.29) is 0 Å². The number of ether oxygens (including phenoxy) is 3. The van der Waals surface area contributed by atoms with Crippen LogP contribution in [-0.4, -0.2) is 78.3 Å². The molecule has 1 aliphatic carbocycles. The Bertz CT molecular complexity index is 1390. The van der Waals surface area contributed by atoms with Crippen molar-refractivity contribution >= 4 is 22.4 Å². The Morgan fingerprint density at radius 2 is 1.72 bits per heavy atom. The van der Waals surface area contributed by atoms with Crippen molar-refractivity contribution in [2.24, 2.45) is 5.92 Å². The van der Waals surface area contributed by atoms with E-state index in [0.717, 1.165) is 97.5 Å². The van der Waals surface area contributed by atoms with Crippen molar-refractivity contribution in [3.8, 4) is 22.8 Å². The van der Waals surface area contributed by atoms with Crippen molar-refractivity contribution in [1.82, 2.24) is 24.6 Å². The van der Waals surface area contributed by atoms with Gasteiger partial charge in [-0.2, -0.15) is 5.10 Å². The van der Waals surface area contributed by atoms with Gasteiger partial charge in [0.05, 0.1) is 56.6 Å². The molecule has 1 saturated carbocycles. The van der Waals surface area contributed by atoms with Crippen molar-refractivity contribution in [2.45, 2.75) is 25.8 Å². The zero-order valence-electron chi connectivity index (χ0n) is 22.8. The van der Waals surface area contributed by atoms with Crippen LogP contribution in [0, 0.1) is 5.92 Å². The van der Waals surface area contributed by atoms with Gasteiger partial charge in [0.15, 0.2) is 0 Å². The highest BCUT2D eigenvalue weighted by Crippen LogP contribution is 2.38. The fourth-order valence-electron chi connectivity index (χ4n) is 5.07. The molecule has 0 bridgehead atoms. The van der Waals surface area contributed by atoms with Gasteiger partial charge >= 0.3 is 0 Å². The first-order valence-electron chi connectivity index (χ1n) is 13.8. The second-order valence-electron chi connectivity index (χ2n) is 10.4. The minimum atomic E-state index is 0.685. The molecule has 4 aromatic rings. The topological polar surface area (TPSA) is 77.8 Å². The molecule has 2 aromatic carbocycles. The normalized spacial score (nSPS) is 15.9. The number of anilines is 2. The molecular formula is C30H36N6O3. The second-order valence-corrected chi connectivity index (χ2v) is 10.4. The summed E-state index contributed by atoms with van der Waals surface area (Å²) in [5, 5.41) is 4.59. The molecule has 6 rings (SSSR count). The number of nitrogens with zero attached hydrogens (tertiary/aromatic N) is 6. The summed E-state index contributed by atoms with van der Waals surface area (Å²) in [6.07, 6.45) is 9.36. The van der Waals surface area contributed by atoms with Crippen molar-refractivity contribution in [2.75, 3.05) is 58.5 Å². The number of morpholine rings is 1. The molecule has 2 aliphatic rings. The van der Waals surface area contributed by atoms with Crippen LogP contribution < -0.4 is 14.4 Å². The monoisotopic (exact) mass is 528 g/mol. The summed E-state index contributed by atoms with van der Waals surface area (Å²) in [7, 11) is 3.37. The van der Waals surface area contributed by atoms with Gasteiger partial charge in [-0.05, 0) is 43.4 Å². The fourth-order valence-corrected chi connectivity index (χ4v) is 5.07. The standard InChI is InChI=1S/C30H36N6O3/c1-37-26-14-25(15-27(17-26)38-2)36(20-22-4-5-22)24-6-7-28-29(16-24)33-30(19-31-28)23-18-32-35(21-23)9-3-8-34-10-12-39-13-11-34/h6-7,14-19,21-22H,3-5,8-13,20H2,1-2H3. The summed E-state index contributed by atoms with van der Waals surface area (Å²) < 4.78 is 18.6. The lowest BCUT2D eigenvalue weighted by atomic mass is 10.1. The predicted molar refractivity (Wildman–Crippen MR) is 152 cm³/mol. The quantitative estimate of drug-likeness (QED) is 0.275. The Morgan fingerprint density at radius 1 is 0.923 bits per heavy atom. The second kappa shape index (κ2) is 11.6. The summed E-state index contributed by atoms with van der Waals surface area (Å²) in [5.74, 6) is 2.23. The van der Waals surface area contributed by atoms with Crippen LogP contribution in [0.4, 0.5) is 11.4 Å². The Kier molecular flexibility index (Phi) is 7.60. The van der Waals surface area contributed by atoms with Gasteiger partial charge in [0.2, 0.25) is 0 Å². The molecular weight excluding hydrogens is 492 g/mol. The minimum Gasteiger partial charge on any atom is -0.497 e. The highest BCUT2D eigenvalue weighted by Gasteiger charge is 2.26. The predicted octanol–water partition coefficient (Wildman–Crippen LogP) is 4.78. The summed E-state index contributed by atoms with van der Waals surface area (Å²) in [6, 6.07) is 12.3. The third-order valence-electron chi connectivity index (χ3n) is 7.52. The van der Waals surface area contributed by atoms with E-state index in [9.17, 15) is 0 Å². The van der Waals surface area contributed by atoms with E-state index in [4.69, 9.17) is 24.2 Å². The highest BCUT2D eigenvalue weighted by molar-refractivity contribution is 5.82. The van der Waals surface area contributed by atoms with Gasteiger partial charge in [0, 0.05) is 74.1 Å². The minimum absolute atomic E-state index is 0.685. The van der Waals surface area contributed by atoms with Crippen LogP contribution in [0.1, 0.15) is 19.3 Å². The van der Waals surface area contributed by atoms with Crippen LogP contribution in [0.15, 0.2) is 55.0 Å². The molecule has 9 heteroatoms. The van der Waals surface area contributed by atoms with E-state index in [1.165, 1.54) is 12.8 Å². The summed E-state index contributed by atoms with van der Waals surface area (Å²) in [5.41, 5.74) is 5.66. The molecule has 1 saturated heterocycles. The van der Waals surface area contributed by atoms with Crippen molar-refractivity contribution in [3.05, 3.63) is 55.0 Å². The third kappa shape index (κ3) is 6.15. The number of aryl methyl sites for hydroxylation is 1. The van der Waals surface area contributed by atoms with Crippen LogP contribution >= 0.6 is 0 Å². The van der Waals surface area contributed by atoms with Crippen molar-refractivity contribution < 1.29 is 14.2 Å². The van der Waals surface area contributed by atoms with Crippen LogP contribution in [0.25, 0.3) is 22.3 Å². The zero-order valence-corrected chi connectivity index (χ0v) is 22.8. The lowest BCUT2D eigenvalue weighted by molar-refractivity contribution is 0.0368. The van der Waals surface area contributed by atoms with Crippen LogP contribution in [0.2, 0.25) is 0 Å². The first kappa shape index (κ1) is 25.6. The SMILES string of the molecule is COc1cc(OC)cc(N(CC2CC2)c2ccc3ncc(-c4cnn(CCCN5CCOCC5)c4)nc3c2)c1. The Balaban J connectivity index is 1.23.